The molecular formula is C42H49FN6O4. The molecule has 10 nitrogen and oxygen atoms in total. The molecule has 0 spiro atoms. The first kappa shape index (κ1) is 40.0. The number of ether oxygens (including phenoxy) is 2. The van der Waals surface area contributed by atoms with Gasteiger partial charge in [-0.05, 0) is 90.4 Å². The molecule has 0 atom stereocenters. The minimum atomic E-state index is -0.731. The van der Waals surface area contributed by atoms with E-state index in [2.05, 4.69) is 16.3 Å². The van der Waals surface area contributed by atoms with Crippen molar-refractivity contribution in [3.05, 3.63) is 95.3 Å². The number of rotatable bonds is 7. The third-order valence-corrected chi connectivity index (χ3v) is 8.05. The van der Waals surface area contributed by atoms with Crippen LogP contribution in [-0.4, -0.2) is 65.0 Å². The summed E-state index contributed by atoms with van der Waals surface area (Å²) in [6.07, 6.45) is -0.330. The van der Waals surface area contributed by atoms with Gasteiger partial charge in [0.25, 0.3) is 0 Å². The summed E-state index contributed by atoms with van der Waals surface area (Å²) in [5, 5.41) is 22.8. The predicted octanol–water partition coefficient (Wildman–Crippen LogP) is 9.33. The molecule has 1 aliphatic rings. The molecule has 5 rings (SSSR count). The largest absolute Gasteiger partial charge is 0.444 e. The molecule has 1 saturated heterocycles. The SMILES string of the molecule is CC.CC(=N)c1c(NC(C)(C)C)nc(-c2ccc(OC(=O)c3ccccc3)cc2F)c(C#N)c1-c1ccc(N2CCN(C(=O)OC(C)(C)C)CC2)cc1. The van der Waals surface area contributed by atoms with Crippen molar-refractivity contribution in [3.8, 4) is 34.2 Å². The van der Waals surface area contributed by atoms with E-state index >= 15 is 4.39 Å². The van der Waals surface area contributed by atoms with E-state index in [-0.39, 0.29) is 34.4 Å². The highest BCUT2D eigenvalue weighted by Crippen LogP contribution is 2.40. The average molecular weight is 721 g/mol. The number of anilines is 2. The van der Waals surface area contributed by atoms with Crippen LogP contribution < -0.4 is 15.0 Å². The Balaban J connectivity index is 0.00000308. The van der Waals surface area contributed by atoms with Crippen LogP contribution in [0.25, 0.3) is 22.4 Å². The fourth-order valence-electron chi connectivity index (χ4n) is 5.79. The van der Waals surface area contributed by atoms with Crippen molar-refractivity contribution >= 4 is 29.3 Å². The summed E-state index contributed by atoms with van der Waals surface area (Å²) < 4.78 is 26.9. The Labute approximate surface area is 312 Å². The van der Waals surface area contributed by atoms with Gasteiger partial charge in [0.2, 0.25) is 0 Å². The quantitative estimate of drug-likeness (QED) is 0.110. The standard InChI is InChI=1S/C40H43FN6O4.C2H6/c1-25(43)33-34(26-13-15-28(16-14-26)46-19-21-47(22-20-46)38(49)51-40(5,6)7)31(24-42)35(44-36(33)45-39(2,3)4)30-18-17-29(23-32(30)41)50-37(48)27-11-9-8-10-12-27;1-2/h8-18,23,43H,19-22H2,1-7H3,(H,44,45);1-2H3. The molecule has 278 valence electrons. The summed E-state index contributed by atoms with van der Waals surface area (Å²) in [5.74, 6) is -1.02. The van der Waals surface area contributed by atoms with Gasteiger partial charge in [-0.15, -0.1) is 0 Å². The van der Waals surface area contributed by atoms with Crippen LogP contribution in [0.1, 0.15) is 83.8 Å². The molecule has 1 amide bonds. The molecule has 4 aromatic rings. The van der Waals surface area contributed by atoms with Gasteiger partial charge in [0.05, 0.1) is 16.8 Å². The lowest BCUT2D eigenvalue weighted by atomic mass is 9.89. The third kappa shape index (κ3) is 9.98. The Morgan fingerprint density at radius 2 is 1.55 bits per heavy atom. The molecular weight excluding hydrogens is 671 g/mol. The van der Waals surface area contributed by atoms with E-state index in [4.69, 9.17) is 19.9 Å². The fourth-order valence-corrected chi connectivity index (χ4v) is 5.79. The normalized spacial score (nSPS) is 12.9. The first-order valence-corrected chi connectivity index (χ1v) is 17.8. The molecule has 1 fully saturated rings. The van der Waals surface area contributed by atoms with Gasteiger partial charge < -0.3 is 30.0 Å². The first-order valence-electron chi connectivity index (χ1n) is 17.8. The van der Waals surface area contributed by atoms with Gasteiger partial charge >= 0.3 is 12.1 Å². The van der Waals surface area contributed by atoms with E-state index in [1.807, 2.05) is 79.7 Å². The van der Waals surface area contributed by atoms with Crippen LogP contribution in [0.15, 0.2) is 72.8 Å². The topological polar surface area (TPSA) is 132 Å². The Kier molecular flexibility index (Phi) is 12.6. The molecule has 2 N–H and O–H groups in total. The lowest BCUT2D eigenvalue weighted by molar-refractivity contribution is 0.0240. The molecule has 0 unspecified atom stereocenters. The van der Waals surface area contributed by atoms with Crippen LogP contribution in [0.2, 0.25) is 0 Å². The van der Waals surface area contributed by atoms with E-state index in [1.54, 1.807) is 42.2 Å². The molecule has 0 radical (unpaired) electrons. The van der Waals surface area contributed by atoms with E-state index in [9.17, 15) is 14.9 Å². The second kappa shape index (κ2) is 16.7. The Hall–Kier alpha value is -5.76. The minimum Gasteiger partial charge on any atom is -0.444 e. The number of carbonyl (C=O) groups excluding carboxylic acids is 2. The Morgan fingerprint density at radius 3 is 2.08 bits per heavy atom. The van der Waals surface area contributed by atoms with E-state index in [0.717, 1.165) is 11.8 Å². The molecule has 0 saturated carbocycles. The number of halogens is 1. The number of aromatic nitrogens is 1. The summed E-state index contributed by atoms with van der Waals surface area (Å²) in [5.41, 5.74) is 2.14. The zero-order valence-corrected chi connectivity index (χ0v) is 32.1. The van der Waals surface area contributed by atoms with E-state index in [1.165, 1.54) is 12.1 Å². The first-order chi connectivity index (χ1) is 25.0. The number of nitrogens with one attached hydrogen (secondary N) is 2. The number of esters is 1. The van der Waals surface area contributed by atoms with Gasteiger partial charge in [0, 0.05) is 65.9 Å². The second-order valence-corrected chi connectivity index (χ2v) is 14.4. The smallest absolute Gasteiger partial charge is 0.410 e. The number of benzene rings is 3. The monoisotopic (exact) mass is 720 g/mol. The van der Waals surface area contributed by atoms with Gasteiger partial charge in [0.15, 0.2) is 0 Å². The number of amides is 1. The van der Waals surface area contributed by atoms with Crippen LogP contribution in [0.4, 0.5) is 20.7 Å². The predicted molar refractivity (Wildman–Crippen MR) is 208 cm³/mol. The van der Waals surface area contributed by atoms with Crippen LogP contribution in [0.5, 0.6) is 5.75 Å². The number of nitriles is 1. The van der Waals surface area contributed by atoms with Crippen molar-refractivity contribution in [2.75, 3.05) is 36.4 Å². The molecule has 0 bridgehead atoms. The van der Waals surface area contributed by atoms with Crippen LogP contribution >= 0.6 is 0 Å². The Morgan fingerprint density at radius 1 is 0.925 bits per heavy atom. The van der Waals surface area contributed by atoms with Crippen molar-refractivity contribution in [1.29, 1.82) is 10.7 Å². The minimum absolute atomic E-state index is 0.00588. The summed E-state index contributed by atoms with van der Waals surface area (Å²) >= 11 is 0. The summed E-state index contributed by atoms with van der Waals surface area (Å²) in [7, 11) is 0. The van der Waals surface area contributed by atoms with Crippen LogP contribution in [-0.2, 0) is 4.74 Å². The van der Waals surface area contributed by atoms with E-state index < -0.39 is 22.9 Å². The third-order valence-electron chi connectivity index (χ3n) is 8.05. The number of carbonyl (C=O) groups is 2. The van der Waals surface area contributed by atoms with Crippen molar-refractivity contribution in [3.63, 3.8) is 0 Å². The van der Waals surface area contributed by atoms with Crippen LogP contribution in [0.3, 0.4) is 0 Å². The van der Waals surface area contributed by atoms with E-state index in [0.29, 0.717) is 54.3 Å². The maximum Gasteiger partial charge on any atom is 0.410 e. The Bertz CT molecular complexity index is 1990. The number of nitrogens with zero attached hydrogens (tertiary/aromatic N) is 4. The van der Waals surface area contributed by atoms with Gasteiger partial charge in [-0.3, -0.25) is 0 Å². The van der Waals surface area contributed by atoms with Crippen LogP contribution in [0, 0.1) is 22.6 Å². The highest BCUT2D eigenvalue weighted by molar-refractivity contribution is 6.09. The molecule has 1 aromatic heterocycles. The number of pyridine rings is 1. The lowest BCUT2D eigenvalue weighted by Crippen LogP contribution is -2.50. The molecule has 11 heteroatoms. The van der Waals surface area contributed by atoms with Gasteiger partial charge in [-0.2, -0.15) is 5.26 Å². The zero-order valence-electron chi connectivity index (χ0n) is 32.1. The van der Waals surface area contributed by atoms with Crippen molar-refractivity contribution in [2.45, 2.75) is 73.5 Å². The summed E-state index contributed by atoms with van der Waals surface area (Å²) in [6, 6.07) is 22.3. The molecule has 0 aliphatic carbocycles. The summed E-state index contributed by atoms with van der Waals surface area (Å²) in [4.78, 5) is 33.8. The maximum absolute atomic E-state index is 15.9. The fraction of sp³-hybridized carbons (Fsp3) is 0.357. The van der Waals surface area contributed by atoms with Crippen molar-refractivity contribution in [1.82, 2.24) is 9.88 Å². The molecule has 3 aromatic carbocycles. The van der Waals surface area contributed by atoms with Gasteiger partial charge in [-0.1, -0.05) is 44.2 Å². The average Bonchev–Trinajstić information content (AvgIpc) is 3.11. The van der Waals surface area contributed by atoms with Gasteiger partial charge in [-0.25, -0.2) is 19.0 Å². The summed E-state index contributed by atoms with van der Waals surface area (Å²) in [6.45, 7) is 19.3. The molecule has 53 heavy (non-hydrogen) atoms. The highest BCUT2D eigenvalue weighted by Gasteiger charge is 2.29. The highest BCUT2D eigenvalue weighted by atomic mass is 19.1. The van der Waals surface area contributed by atoms with Crippen molar-refractivity contribution < 1.29 is 23.5 Å². The zero-order chi connectivity index (χ0) is 39.1. The van der Waals surface area contributed by atoms with Crippen molar-refractivity contribution in [2.24, 2.45) is 0 Å². The second-order valence-electron chi connectivity index (χ2n) is 14.4. The van der Waals surface area contributed by atoms with Gasteiger partial charge in [0.1, 0.15) is 29.1 Å². The number of hydrogen-bond acceptors (Lipinski definition) is 9. The molecule has 2 heterocycles. The maximum atomic E-state index is 15.9. The number of piperazine rings is 1. The lowest BCUT2D eigenvalue weighted by Gasteiger charge is -2.36. The number of hydrogen-bond donors (Lipinski definition) is 2. The molecule has 1 aliphatic heterocycles.